The van der Waals surface area contributed by atoms with Gasteiger partial charge in [0.25, 0.3) is 15.9 Å². The van der Waals surface area contributed by atoms with E-state index in [4.69, 9.17) is 0 Å². The van der Waals surface area contributed by atoms with Crippen molar-refractivity contribution in [3.63, 3.8) is 0 Å². The van der Waals surface area contributed by atoms with Crippen molar-refractivity contribution in [2.24, 2.45) is 0 Å². The molecule has 3 aromatic carbocycles. The third kappa shape index (κ3) is 6.42. The summed E-state index contributed by atoms with van der Waals surface area (Å²) in [5.74, 6) is -0.783. The molecule has 0 aliphatic rings. The molecule has 2 amide bonds. The molecule has 0 saturated carbocycles. The Morgan fingerprint density at radius 3 is 2.22 bits per heavy atom. The van der Waals surface area contributed by atoms with Crippen molar-refractivity contribution in [2.45, 2.75) is 24.9 Å². The summed E-state index contributed by atoms with van der Waals surface area (Å²) in [5, 5.41) is 5.14. The minimum atomic E-state index is -4.68. The van der Waals surface area contributed by atoms with Crippen LogP contribution >= 0.6 is 0 Å². The number of nitrogens with zero attached hydrogens (tertiary/aromatic N) is 1. The first-order valence-corrected chi connectivity index (χ1v) is 12.2. The standard InChI is InChI=1S/C25H24F3N3O4S/c1-17-6-3-4-9-23(17)24(33)29-14-15-31(21-8-5-7-19(16-21)25(26,27)28)36(34,35)22-12-10-20(11-13-22)30-18(2)32/h3-13,16H,14-15H2,1-2H3,(H,29,33)(H,30,32). The Kier molecular flexibility index (Phi) is 8.03. The maximum absolute atomic E-state index is 13.5. The number of nitrogens with one attached hydrogen (secondary N) is 2. The number of aryl methyl sites for hydroxylation is 1. The molecule has 190 valence electrons. The summed E-state index contributed by atoms with van der Waals surface area (Å²) >= 11 is 0. The first kappa shape index (κ1) is 26.7. The first-order valence-electron chi connectivity index (χ1n) is 10.8. The minimum absolute atomic E-state index is 0.160. The smallest absolute Gasteiger partial charge is 0.350 e. The Balaban J connectivity index is 1.92. The average molecular weight is 520 g/mol. The van der Waals surface area contributed by atoms with Gasteiger partial charge >= 0.3 is 6.18 Å². The molecule has 0 radical (unpaired) electrons. The lowest BCUT2D eigenvalue weighted by molar-refractivity contribution is -0.137. The summed E-state index contributed by atoms with van der Waals surface area (Å²) < 4.78 is 67.7. The maximum Gasteiger partial charge on any atom is 0.416 e. The van der Waals surface area contributed by atoms with Crippen LogP contribution in [-0.2, 0) is 21.0 Å². The minimum Gasteiger partial charge on any atom is -0.350 e. The van der Waals surface area contributed by atoms with Gasteiger partial charge in [0.15, 0.2) is 0 Å². The topological polar surface area (TPSA) is 95.6 Å². The molecule has 3 rings (SSSR count). The van der Waals surface area contributed by atoms with Crippen molar-refractivity contribution in [1.82, 2.24) is 5.32 Å². The zero-order valence-corrected chi connectivity index (χ0v) is 20.3. The van der Waals surface area contributed by atoms with Crippen molar-refractivity contribution in [3.05, 3.63) is 89.5 Å². The van der Waals surface area contributed by atoms with E-state index >= 15 is 0 Å². The summed E-state index contributed by atoms with van der Waals surface area (Å²) in [6.07, 6.45) is -4.68. The average Bonchev–Trinajstić information content (AvgIpc) is 2.81. The lowest BCUT2D eigenvalue weighted by Crippen LogP contribution is -2.39. The molecule has 0 fully saturated rings. The quantitative estimate of drug-likeness (QED) is 0.455. The molecular formula is C25H24F3N3O4S. The second-order valence-electron chi connectivity index (χ2n) is 7.90. The van der Waals surface area contributed by atoms with Crippen molar-refractivity contribution in [3.8, 4) is 0 Å². The van der Waals surface area contributed by atoms with Crippen molar-refractivity contribution in [1.29, 1.82) is 0 Å². The molecule has 0 aromatic heterocycles. The Morgan fingerprint density at radius 2 is 1.61 bits per heavy atom. The second-order valence-corrected chi connectivity index (χ2v) is 9.76. The highest BCUT2D eigenvalue weighted by molar-refractivity contribution is 7.92. The second kappa shape index (κ2) is 10.8. The van der Waals surface area contributed by atoms with Gasteiger partial charge in [0.2, 0.25) is 5.91 Å². The molecule has 0 saturated heterocycles. The fraction of sp³-hybridized carbons (Fsp3) is 0.200. The Labute approximate surface area is 207 Å². The van der Waals surface area contributed by atoms with Crippen LogP contribution in [0.2, 0.25) is 0 Å². The predicted octanol–water partition coefficient (Wildman–Crippen LogP) is 4.60. The monoisotopic (exact) mass is 519 g/mol. The van der Waals surface area contributed by atoms with E-state index in [1.165, 1.54) is 37.3 Å². The number of hydrogen-bond donors (Lipinski definition) is 2. The summed E-state index contributed by atoms with van der Waals surface area (Å²) in [5.41, 5.74) is 0.264. The van der Waals surface area contributed by atoms with E-state index < -0.39 is 27.7 Å². The molecule has 0 aliphatic heterocycles. The highest BCUT2D eigenvalue weighted by atomic mass is 32.2. The highest BCUT2D eigenvalue weighted by Gasteiger charge is 2.32. The molecular weight excluding hydrogens is 495 g/mol. The summed E-state index contributed by atoms with van der Waals surface area (Å²) in [6.45, 7) is 2.56. The van der Waals surface area contributed by atoms with Gasteiger partial charge in [-0.25, -0.2) is 8.42 Å². The number of sulfonamides is 1. The van der Waals surface area contributed by atoms with E-state index in [0.29, 0.717) is 11.3 Å². The Morgan fingerprint density at radius 1 is 0.944 bits per heavy atom. The molecule has 7 nitrogen and oxygen atoms in total. The fourth-order valence-corrected chi connectivity index (χ4v) is 4.92. The number of halogens is 3. The van der Waals surface area contributed by atoms with Gasteiger partial charge in [-0.1, -0.05) is 24.3 Å². The van der Waals surface area contributed by atoms with Crippen LogP contribution in [0.1, 0.15) is 28.4 Å². The number of benzene rings is 3. The van der Waals surface area contributed by atoms with Gasteiger partial charge in [0, 0.05) is 24.7 Å². The number of alkyl halides is 3. The zero-order chi connectivity index (χ0) is 26.5. The van der Waals surface area contributed by atoms with E-state index in [0.717, 1.165) is 28.1 Å². The Bertz CT molecular complexity index is 1360. The molecule has 0 atom stereocenters. The number of hydrogen-bond acceptors (Lipinski definition) is 4. The SMILES string of the molecule is CC(=O)Nc1ccc(S(=O)(=O)N(CCNC(=O)c2ccccc2C)c2cccc(C(F)(F)F)c2)cc1. The van der Waals surface area contributed by atoms with Crippen LogP contribution in [0.5, 0.6) is 0 Å². The van der Waals surface area contributed by atoms with Gasteiger partial charge in [-0.15, -0.1) is 0 Å². The fourth-order valence-electron chi connectivity index (χ4n) is 3.46. The summed E-state index contributed by atoms with van der Waals surface area (Å²) in [6, 6.07) is 16.0. The number of amides is 2. The molecule has 36 heavy (non-hydrogen) atoms. The van der Waals surface area contributed by atoms with E-state index in [-0.39, 0.29) is 29.6 Å². The number of carbonyl (C=O) groups is 2. The van der Waals surface area contributed by atoms with Gasteiger partial charge in [-0.2, -0.15) is 13.2 Å². The van der Waals surface area contributed by atoms with Crippen LogP contribution in [0, 0.1) is 6.92 Å². The summed E-state index contributed by atoms with van der Waals surface area (Å²) in [7, 11) is -4.33. The molecule has 0 aliphatic carbocycles. The first-order chi connectivity index (χ1) is 16.9. The zero-order valence-electron chi connectivity index (χ0n) is 19.5. The third-order valence-corrected chi connectivity index (χ3v) is 7.06. The van der Waals surface area contributed by atoms with Crippen LogP contribution in [0.3, 0.4) is 0 Å². The van der Waals surface area contributed by atoms with Gasteiger partial charge in [-0.3, -0.25) is 13.9 Å². The molecule has 0 bridgehead atoms. The van der Waals surface area contributed by atoms with Gasteiger partial charge in [0.1, 0.15) is 0 Å². The van der Waals surface area contributed by atoms with Gasteiger partial charge < -0.3 is 10.6 Å². The van der Waals surface area contributed by atoms with E-state index in [1.54, 1.807) is 31.2 Å². The van der Waals surface area contributed by atoms with E-state index in [9.17, 15) is 31.2 Å². The van der Waals surface area contributed by atoms with Crippen molar-refractivity contribution < 1.29 is 31.2 Å². The lowest BCUT2D eigenvalue weighted by atomic mass is 10.1. The molecule has 11 heteroatoms. The molecule has 0 spiro atoms. The van der Waals surface area contributed by atoms with Gasteiger partial charge in [0.05, 0.1) is 22.7 Å². The normalized spacial score (nSPS) is 11.6. The van der Waals surface area contributed by atoms with Crippen LogP contribution < -0.4 is 14.9 Å². The third-order valence-electron chi connectivity index (χ3n) is 5.21. The number of rotatable bonds is 8. The van der Waals surface area contributed by atoms with E-state index in [1.807, 2.05) is 0 Å². The lowest BCUT2D eigenvalue weighted by Gasteiger charge is -2.25. The molecule has 2 N–H and O–H groups in total. The van der Waals surface area contributed by atoms with Crippen LogP contribution in [0.15, 0.2) is 77.7 Å². The van der Waals surface area contributed by atoms with Crippen molar-refractivity contribution in [2.75, 3.05) is 22.7 Å². The summed E-state index contributed by atoms with van der Waals surface area (Å²) in [4.78, 5) is 23.6. The Hall–Kier alpha value is -3.86. The highest BCUT2D eigenvalue weighted by Crippen LogP contribution is 2.33. The maximum atomic E-state index is 13.5. The molecule has 0 unspecified atom stereocenters. The van der Waals surface area contributed by atoms with Crippen LogP contribution in [0.4, 0.5) is 24.5 Å². The molecule has 3 aromatic rings. The van der Waals surface area contributed by atoms with E-state index in [2.05, 4.69) is 10.6 Å². The van der Waals surface area contributed by atoms with Gasteiger partial charge in [-0.05, 0) is 61.0 Å². The van der Waals surface area contributed by atoms with Crippen molar-refractivity contribution >= 4 is 33.2 Å². The number of anilines is 2. The number of carbonyl (C=O) groups excluding carboxylic acids is 2. The van der Waals surface area contributed by atoms with Crippen LogP contribution in [0.25, 0.3) is 0 Å². The largest absolute Gasteiger partial charge is 0.416 e. The predicted molar refractivity (Wildman–Crippen MR) is 130 cm³/mol. The molecule has 0 heterocycles. The van der Waals surface area contributed by atoms with Crippen LogP contribution in [-0.4, -0.2) is 33.3 Å².